The number of thioether (sulfide) groups is 1. The molecule has 1 heterocycles. The molecule has 1 aromatic heterocycles. The fourth-order valence-electron chi connectivity index (χ4n) is 2.33. The molecule has 3 aromatic rings. The van der Waals surface area contributed by atoms with Crippen LogP contribution in [0.15, 0.2) is 58.2 Å². The summed E-state index contributed by atoms with van der Waals surface area (Å²) >= 11 is 7.09. The number of benzene rings is 2. The molecular weight excluding hydrogens is 370 g/mol. The fourth-order valence-corrected chi connectivity index (χ4v) is 3.03. The number of carbonyl (C=O) groups is 1. The maximum absolute atomic E-state index is 12.1. The van der Waals surface area contributed by atoms with E-state index in [1.54, 1.807) is 12.1 Å². The van der Waals surface area contributed by atoms with Gasteiger partial charge in [-0.1, -0.05) is 53.2 Å². The van der Waals surface area contributed by atoms with E-state index in [1.165, 1.54) is 11.8 Å². The molecule has 3 rings (SSSR count). The third-order valence-corrected chi connectivity index (χ3v) is 4.85. The number of aromatic nitrogens is 2. The Hall–Kier alpha value is -2.31. The predicted molar refractivity (Wildman–Crippen MR) is 103 cm³/mol. The van der Waals surface area contributed by atoms with Crippen LogP contribution >= 0.6 is 23.4 Å². The summed E-state index contributed by atoms with van der Waals surface area (Å²) < 4.78 is 5.61. The zero-order valence-electron chi connectivity index (χ0n) is 14.4. The minimum Gasteiger partial charge on any atom is -0.411 e. The summed E-state index contributed by atoms with van der Waals surface area (Å²) in [4.78, 5) is 12.1. The first-order valence-corrected chi connectivity index (χ1v) is 9.46. The van der Waals surface area contributed by atoms with Crippen LogP contribution < -0.4 is 5.32 Å². The summed E-state index contributed by atoms with van der Waals surface area (Å²) in [5.74, 6) is 0.544. The predicted octanol–water partition coefficient (Wildman–Crippen LogP) is 4.67. The van der Waals surface area contributed by atoms with Crippen molar-refractivity contribution in [3.8, 4) is 11.5 Å². The molecule has 1 atom stereocenters. The monoisotopic (exact) mass is 387 g/mol. The average molecular weight is 388 g/mol. The maximum atomic E-state index is 12.1. The van der Waals surface area contributed by atoms with Crippen molar-refractivity contribution in [1.29, 1.82) is 0 Å². The number of halogens is 1. The van der Waals surface area contributed by atoms with Gasteiger partial charge in [-0.3, -0.25) is 4.79 Å². The van der Waals surface area contributed by atoms with Gasteiger partial charge in [-0.05, 0) is 43.7 Å². The van der Waals surface area contributed by atoms with Gasteiger partial charge in [0.1, 0.15) is 0 Å². The lowest BCUT2D eigenvalue weighted by Crippen LogP contribution is -2.28. The maximum Gasteiger partial charge on any atom is 0.277 e. The molecule has 0 aliphatic heterocycles. The van der Waals surface area contributed by atoms with Crippen molar-refractivity contribution in [3.63, 3.8) is 0 Å². The van der Waals surface area contributed by atoms with Gasteiger partial charge < -0.3 is 9.73 Å². The molecule has 0 saturated carbocycles. The smallest absolute Gasteiger partial charge is 0.277 e. The second-order valence-corrected chi connectivity index (χ2v) is 7.23. The van der Waals surface area contributed by atoms with Gasteiger partial charge in [-0.25, -0.2) is 0 Å². The molecule has 0 fully saturated rings. The van der Waals surface area contributed by atoms with E-state index in [-0.39, 0.29) is 17.7 Å². The third-order valence-electron chi connectivity index (χ3n) is 3.78. The molecule has 0 saturated heterocycles. The Morgan fingerprint density at radius 1 is 1.15 bits per heavy atom. The Balaban J connectivity index is 1.53. The number of amides is 1. The molecule has 0 spiro atoms. The van der Waals surface area contributed by atoms with Crippen LogP contribution in [0.4, 0.5) is 0 Å². The SMILES string of the molecule is Cc1ccc(-c2nnc(SCC(=O)NC(C)c3ccc(Cl)cc3)o2)cc1. The first-order chi connectivity index (χ1) is 12.5. The van der Waals surface area contributed by atoms with Gasteiger partial charge in [0.2, 0.25) is 11.8 Å². The molecule has 7 heteroatoms. The first kappa shape index (κ1) is 18.5. The largest absolute Gasteiger partial charge is 0.411 e. The van der Waals surface area contributed by atoms with E-state index < -0.39 is 0 Å². The van der Waals surface area contributed by atoms with Crippen LogP contribution in [-0.2, 0) is 4.79 Å². The quantitative estimate of drug-likeness (QED) is 0.622. The molecule has 0 aliphatic rings. The first-order valence-electron chi connectivity index (χ1n) is 8.09. The number of carbonyl (C=O) groups excluding carboxylic acids is 1. The standard InChI is InChI=1S/C19H18ClN3O2S/c1-12-3-5-15(6-4-12)18-22-23-19(25-18)26-11-17(24)21-13(2)14-7-9-16(20)10-8-14/h3-10,13H,11H2,1-2H3,(H,21,24). The molecule has 1 amide bonds. The Kier molecular flexibility index (Phi) is 5.96. The summed E-state index contributed by atoms with van der Waals surface area (Å²) in [7, 11) is 0. The molecule has 134 valence electrons. The van der Waals surface area contributed by atoms with E-state index in [2.05, 4.69) is 15.5 Å². The Morgan fingerprint density at radius 2 is 1.85 bits per heavy atom. The van der Waals surface area contributed by atoms with Crippen molar-refractivity contribution in [2.75, 3.05) is 5.75 Å². The topological polar surface area (TPSA) is 68.0 Å². The summed E-state index contributed by atoms with van der Waals surface area (Å²) in [5, 5.41) is 12.0. The van der Waals surface area contributed by atoms with Gasteiger partial charge in [0, 0.05) is 10.6 Å². The molecular formula is C19H18ClN3O2S. The lowest BCUT2D eigenvalue weighted by atomic mass is 10.1. The van der Waals surface area contributed by atoms with Crippen LogP contribution in [0.25, 0.3) is 11.5 Å². The molecule has 1 N–H and O–H groups in total. The minimum atomic E-state index is -0.105. The summed E-state index contributed by atoms with van der Waals surface area (Å²) in [5.41, 5.74) is 3.01. The molecule has 1 unspecified atom stereocenters. The van der Waals surface area contributed by atoms with Gasteiger partial charge in [-0.2, -0.15) is 0 Å². The Bertz CT molecular complexity index is 879. The number of nitrogens with zero attached hydrogens (tertiary/aromatic N) is 2. The molecule has 0 radical (unpaired) electrons. The number of aryl methyl sites for hydroxylation is 1. The number of rotatable bonds is 6. The van der Waals surface area contributed by atoms with E-state index in [0.29, 0.717) is 16.1 Å². The van der Waals surface area contributed by atoms with Crippen LogP contribution in [0.2, 0.25) is 5.02 Å². The van der Waals surface area contributed by atoms with Gasteiger partial charge in [0.05, 0.1) is 11.8 Å². The summed E-state index contributed by atoms with van der Waals surface area (Å²) in [6.07, 6.45) is 0. The molecule has 26 heavy (non-hydrogen) atoms. The second kappa shape index (κ2) is 8.38. The fraction of sp³-hybridized carbons (Fsp3) is 0.211. The van der Waals surface area contributed by atoms with Crippen LogP contribution in [0.3, 0.4) is 0 Å². The zero-order chi connectivity index (χ0) is 18.5. The average Bonchev–Trinajstić information content (AvgIpc) is 3.10. The van der Waals surface area contributed by atoms with Gasteiger partial charge >= 0.3 is 0 Å². The van der Waals surface area contributed by atoms with E-state index in [9.17, 15) is 4.79 Å². The number of hydrogen-bond acceptors (Lipinski definition) is 5. The highest BCUT2D eigenvalue weighted by molar-refractivity contribution is 7.99. The van der Waals surface area contributed by atoms with Crippen LogP contribution in [-0.4, -0.2) is 21.9 Å². The Labute approximate surface area is 161 Å². The summed E-state index contributed by atoms with van der Waals surface area (Å²) in [6.45, 7) is 3.94. The van der Waals surface area contributed by atoms with Crippen LogP contribution in [0.1, 0.15) is 24.1 Å². The van der Waals surface area contributed by atoms with Crippen molar-refractivity contribution < 1.29 is 9.21 Å². The number of nitrogens with one attached hydrogen (secondary N) is 1. The van der Waals surface area contributed by atoms with E-state index in [4.69, 9.17) is 16.0 Å². The minimum absolute atomic E-state index is 0.104. The van der Waals surface area contributed by atoms with E-state index in [0.717, 1.165) is 16.7 Å². The van der Waals surface area contributed by atoms with E-state index in [1.807, 2.05) is 50.2 Å². The molecule has 5 nitrogen and oxygen atoms in total. The number of hydrogen-bond donors (Lipinski definition) is 1. The van der Waals surface area contributed by atoms with Crippen molar-refractivity contribution in [1.82, 2.24) is 15.5 Å². The van der Waals surface area contributed by atoms with Gasteiger partial charge in [0.25, 0.3) is 5.22 Å². The highest BCUT2D eigenvalue weighted by atomic mass is 35.5. The molecule has 0 aliphatic carbocycles. The van der Waals surface area contributed by atoms with Crippen molar-refractivity contribution in [2.45, 2.75) is 25.1 Å². The molecule has 2 aromatic carbocycles. The Morgan fingerprint density at radius 3 is 2.54 bits per heavy atom. The van der Waals surface area contributed by atoms with E-state index >= 15 is 0 Å². The highest BCUT2D eigenvalue weighted by Crippen LogP contribution is 2.23. The lowest BCUT2D eigenvalue weighted by Gasteiger charge is -2.13. The summed E-state index contributed by atoms with van der Waals surface area (Å²) in [6, 6.07) is 15.1. The van der Waals surface area contributed by atoms with Crippen LogP contribution in [0.5, 0.6) is 0 Å². The van der Waals surface area contributed by atoms with Crippen molar-refractivity contribution in [3.05, 3.63) is 64.7 Å². The highest BCUT2D eigenvalue weighted by Gasteiger charge is 2.13. The van der Waals surface area contributed by atoms with Gasteiger partial charge in [0.15, 0.2) is 0 Å². The zero-order valence-corrected chi connectivity index (χ0v) is 16.0. The van der Waals surface area contributed by atoms with Crippen molar-refractivity contribution in [2.24, 2.45) is 0 Å². The van der Waals surface area contributed by atoms with Crippen molar-refractivity contribution >= 4 is 29.3 Å². The van der Waals surface area contributed by atoms with Crippen LogP contribution in [0, 0.1) is 6.92 Å². The van der Waals surface area contributed by atoms with Gasteiger partial charge in [-0.15, -0.1) is 10.2 Å². The second-order valence-electron chi connectivity index (χ2n) is 5.87. The molecule has 0 bridgehead atoms. The normalized spacial score (nSPS) is 12.0. The third kappa shape index (κ3) is 4.86. The lowest BCUT2D eigenvalue weighted by molar-refractivity contribution is -0.119.